The number of nitrogens with zero attached hydrogens (tertiary/aromatic N) is 4. The van der Waals surface area contributed by atoms with Crippen molar-refractivity contribution in [2.75, 3.05) is 0 Å². The van der Waals surface area contributed by atoms with E-state index in [-0.39, 0.29) is 21.7 Å². The standard InChI is InChI=1S/C35H26N4O10S3/c1-22-2-17-30(18-3-22)52(47,48)49-29-15-13-28(14-16-29)37-36-26-9-4-23(5-10-26)24-6-11-27(12-7-24)38-39-35-32(40)19-8-25-20-31(50(41,42)43)21-33(34(25)35)51(44,45)46/h2-21,40H,1H3,(H,41,42,43)(H,44,45,46)/p-2. The molecule has 0 aromatic heterocycles. The molecular formula is C35H24N4O10S3-2. The molecule has 0 saturated heterocycles. The average Bonchev–Trinajstić information content (AvgIpc) is 3.10. The number of aryl methyl sites for hydroxylation is 1. The largest absolute Gasteiger partial charge is 0.871 e. The van der Waals surface area contributed by atoms with Gasteiger partial charge < -0.3 is 13.8 Å². The van der Waals surface area contributed by atoms with Gasteiger partial charge >= 0.3 is 10.1 Å². The Balaban J connectivity index is 1.15. The van der Waals surface area contributed by atoms with E-state index >= 15 is 0 Å². The molecule has 0 aliphatic heterocycles. The van der Waals surface area contributed by atoms with Crippen molar-refractivity contribution in [3.05, 3.63) is 127 Å². The van der Waals surface area contributed by atoms with Crippen LogP contribution in [0, 0.1) is 6.92 Å². The smallest absolute Gasteiger partial charge is 0.339 e. The summed E-state index contributed by atoms with van der Waals surface area (Å²) in [7, 11) is -14.2. The summed E-state index contributed by atoms with van der Waals surface area (Å²) in [5.41, 5.74) is 3.34. The molecule has 0 aliphatic carbocycles. The predicted octanol–water partition coefficient (Wildman–Crippen LogP) is 7.64. The van der Waals surface area contributed by atoms with E-state index in [2.05, 4.69) is 20.5 Å². The lowest BCUT2D eigenvalue weighted by atomic mass is 10.1. The molecule has 0 spiro atoms. The fourth-order valence-corrected chi connectivity index (χ4v) is 7.21. The van der Waals surface area contributed by atoms with Gasteiger partial charge in [-0.3, -0.25) is 4.55 Å². The van der Waals surface area contributed by atoms with E-state index in [1.54, 1.807) is 60.7 Å². The van der Waals surface area contributed by atoms with Crippen molar-refractivity contribution in [1.82, 2.24) is 0 Å². The zero-order chi connectivity index (χ0) is 37.3. The van der Waals surface area contributed by atoms with Crippen molar-refractivity contribution in [3.8, 4) is 22.6 Å². The Labute approximate surface area is 298 Å². The van der Waals surface area contributed by atoms with Gasteiger partial charge in [0.25, 0.3) is 10.1 Å². The minimum absolute atomic E-state index is 0.0445. The summed E-state index contributed by atoms with van der Waals surface area (Å²) in [6, 6.07) is 29.6. The maximum absolute atomic E-state index is 12.7. The van der Waals surface area contributed by atoms with Gasteiger partial charge in [-0.25, -0.2) is 8.42 Å². The molecule has 0 atom stereocenters. The molecule has 0 aliphatic rings. The highest BCUT2D eigenvalue weighted by molar-refractivity contribution is 7.87. The first-order valence-electron chi connectivity index (χ1n) is 14.9. The highest BCUT2D eigenvalue weighted by Crippen LogP contribution is 2.40. The molecular weight excluding hydrogens is 733 g/mol. The second kappa shape index (κ2) is 14.0. The summed E-state index contributed by atoms with van der Waals surface area (Å²) >= 11 is 0. The summed E-state index contributed by atoms with van der Waals surface area (Å²) in [6.45, 7) is 1.85. The summed E-state index contributed by atoms with van der Waals surface area (Å²) < 4.78 is 98.9. The van der Waals surface area contributed by atoms with Crippen LogP contribution in [0.3, 0.4) is 0 Å². The van der Waals surface area contributed by atoms with Crippen LogP contribution in [0.15, 0.2) is 156 Å². The molecule has 6 rings (SSSR count). The van der Waals surface area contributed by atoms with Crippen LogP contribution in [0.2, 0.25) is 0 Å². The van der Waals surface area contributed by atoms with Gasteiger partial charge in [0.05, 0.1) is 27.6 Å². The van der Waals surface area contributed by atoms with Crippen LogP contribution in [0.25, 0.3) is 21.9 Å². The van der Waals surface area contributed by atoms with Crippen LogP contribution in [-0.4, -0.2) is 34.4 Å². The monoisotopic (exact) mass is 756 g/mol. The third-order valence-electron chi connectivity index (χ3n) is 7.52. The number of hydrogen-bond donors (Lipinski definition) is 1. The molecule has 6 aromatic rings. The second-order valence-electron chi connectivity index (χ2n) is 11.2. The minimum Gasteiger partial charge on any atom is -0.871 e. The molecule has 264 valence electrons. The fourth-order valence-electron chi connectivity index (χ4n) is 4.92. The van der Waals surface area contributed by atoms with Crippen molar-refractivity contribution < 1.29 is 43.6 Å². The maximum atomic E-state index is 12.7. The van der Waals surface area contributed by atoms with Crippen LogP contribution in [0.1, 0.15) is 5.56 Å². The van der Waals surface area contributed by atoms with Crippen molar-refractivity contribution in [3.63, 3.8) is 0 Å². The van der Waals surface area contributed by atoms with E-state index in [1.165, 1.54) is 24.3 Å². The van der Waals surface area contributed by atoms with Crippen LogP contribution in [0.4, 0.5) is 22.7 Å². The number of azo groups is 2. The maximum Gasteiger partial charge on any atom is 0.339 e. The Morgan fingerprint density at radius 1 is 0.596 bits per heavy atom. The quantitative estimate of drug-likeness (QED) is 0.0816. The summed E-state index contributed by atoms with van der Waals surface area (Å²) in [5, 5.41) is 28.5. The first-order chi connectivity index (χ1) is 24.6. The number of benzene rings is 6. The SMILES string of the molecule is Cc1ccc(S(=O)(=O)Oc2ccc(N=Nc3ccc(-c4ccc(N=Nc5c([O-])ccc6cc(S(=O)(=O)[O-])cc(S(=O)(=O)O)c56)cc4)cc3)cc2)cc1. The van der Waals surface area contributed by atoms with Gasteiger partial charge in [0, 0.05) is 5.39 Å². The molecule has 14 nitrogen and oxygen atoms in total. The van der Waals surface area contributed by atoms with Gasteiger partial charge in [0.15, 0.2) is 0 Å². The molecule has 0 radical (unpaired) electrons. The van der Waals surface area contributed by atoms with E-state index in [1.807, 2.05) is 19.1 Å². The first-order valence-corrected chi connectivity index (χ1v) is 19.2. The highest BCUT2D eigenvalue weighted by atomic mass is 32.2. The molecule has 17 heteroatoms. The van der Waals surface area contributed by atoms with Gasteiger partial charge in [-0.05, 0) is 96.2 Å². The van der Waals surface area contributed by atoms with Gasteiger partial charge in [-0.1, -0.05) is 59.8 Å². The first kappa shape index (κ1) is 36.0. The molecule has 6 aromatic carbocycles. The molecule has 0 fully saturated rings. The lowest BCUT2D eigenvalue weighted by molar-refractivity contribution is -0.267. The van der Waals surface area contributed by atoms with Gasteiger partial charge in [0.1, 0.15) is 25.7 Å². The summed E-state index contributed by atoms with van der Waals surface area (Å²) in [4.78, 5) is -1.84. The molecule has 52 heavy (non-hydrogen) atoms. The highest BCUT2D eigenvalue weighted by Gasteiger charge is 2.21. The molecule has 0 unspecified atom stereocenters. The average molecular weight is 757 g/mol. The van der Waals surface area contributed by atoms with Crippen LogP contribution in [0.5, 0.6) is 11.5 Å². The van der Waals surface area contributed by atoms with Crippen molar-refractivity contribution in [2.45, 2.75) is 21.6 Å². The Morgan fingerprint density at radius 2 is 1.10 bits per heavy atom. The Kier molecular flexibility index (Phi) is 9.71. The topological polar surface area (TPSA) is 227 Å². The van der Waals surface area contributed by atoms with E-state index in [0.29, 0.717) is 17.4 Å². The minimum atomic E-state index is -5.10. The molecule has 0 saturated carbocycles. The van der Waals surface area contributed by atoms with Crippen LogP contribution in [-0.2, 0) is 30.4 Å². The zero-order valence-corrected chi connectivity index (χ0v) is 29.1. The number of fused-ring (bicyclic) bond motifs is 1. The molecule has 0 heterocycles. The molecule has 0 bridgehead atoms. The third kappa shape index (κ3) is 8.20. The van der Waals surface area contributed by atoms with Gasteiger partial charge in [-0.2, -0.15) is 37.3 Å². The third-order valence-corrected chi connectivity index (χ3v) is 10.5. The number of hydrogen-bond acceptors (Lipinski definition) is 13. The summed E-state index contributed by atoms with van der Waals surface area (Å²) in [5.74, 6) is -0.635. The second-order valence-corrected chi connectivity index (χ2v) is 15.5. The number of rotatable bonds is 10. The Hall–Kier alpha value is -5.85. The normalized spacial score (nSPS) is 12.5. The van der Waals surface area contributed by atoms with E-state index < -0.39 is 57.0 Å². The molecule has 1 N–H and O–H groups in total. The van der Waals surface area contributed by atoms with E-state index in [9.17, 15) is 39.5 Å². The molecule has 0 amide bonds. The van der Waals surface area contributed by atoms with Gasteiger partial charge in [-0.15, -0.1) is 0 Å². The van der Waals surface area contributed by atoms with E-state index in [0.717, 1.165) is 34.9 Å². The van der Waals surface area contributed by atoms with Crippen molar-refractivity contribution >= 4 is 63.9 Å². The lowest BCUT2D eigenvalue weighted by Crippen LogP contribution is -2.09. The Bertz CT molecular complexity index is 2700. The fraction of sp³-hybridized carbons (Fsp3) is 0.0286. The summed E-state index contributed by atoms with van der Waals surface area (Å²) in [6.07, 6.45) is 0. The zero-order valence-electron chi connectivity index (χ0n) is 26.7. The van der Waals surface area contributed by atoms with Crippen LogP contribution >= 0.6 is 0 Å². The van der Waals surface area contributed by atoms with E-state index in [4.69, 9.17) is 4.18 Å². The lowest BCUT2D eigenvalue weighted by Gasteiger charge is -2.16. The Morgan fingerprint density at radius 3 is 1.60 bits per heavy atom. The van der Waals surface area contributed by atoms with Crippen LogP contribution < -0.4 is 9.29 Å². The van der Waals surface area contributed by atoms with Crippen molar-refractivity contribution in [1.29, 1.82) is 0 Å². The van der Waals surface area contributed by atoms with Gasteiger partial charge in [0.2, 0.25) is 0 Å². The van der Waals surface area contributed by atoms with Crippen molar-refractivity contribution in [2.24, 2.45) is 20.5 Å². The predicted molar refractivity (Wildman–Crippen MR) is 187 cm³/mol.